The number of cyclic esters (lactones) is 1. The van der Waals surface area contributed by atoms with Crippen molar-refractivity contribution in [1.82, 2.24) is 4.90 Å². The van der Waals surface area contributed by atoms with Crippen LogP contribution < -0.4 is 0 Å². The summed E-state index contributed by atoms with van der Waals surface area (Å²) < 4.78 is 7.06. The first-order chi connectivity index (χ1) is 11.6. The number of carbonyl (C=O) groups excluding carboxylic acids is 2. The first kappa shape index (κ1) is 22.2. The standard InChI is InChI=1S/C19H30INO4/c1-11(2)16-10-25-19(24)21(16)18(23)15(6)8-14(5)17(22)13(4)7-12(3)9-20/h8-9,11,13-14,16-17,22H,7,10H2,1-6H3/b12-9+,15-8+/t13-,14+,16-,17-/m0/s1. The normalized spacial score (nSPS) is 22.8. The van der Waals surface area contributed by atoms with Gasteiger partial charge in [0.25, 0.3) is 5.91 Å². The van der Waals surface area contributed by atoms with Crippen LogP contribution in [0.2, 0.25) is 0 Å². The first-order valence-electron chi connectivity index (χ1n) is 8.72. The van der Waals surface area contributed by atoms with Crippen LogP contribution >= 0.6 is 22.6 Å². The molecule has 0 aliphatic carbocycles. The summed E-state index contributed by atoms with van der Waals surface area (Å²) in [7, 11) is 0. The highest BCUT2D eigenvalue weighted by atomic mass is 127. The smallest absolute Gasteiger partial charge is 0.417 e. The van der Waals surface area contributed by atoms with Crippen LogP contribution in [0.1, 0.15) is 48.0 Å². The van der Waals surface area contributed by atoms with E-state index in [9.17, 15) is 14.7 Å². The highest BCUT2D eigenvalue weighted by Gasteiger charge is 2.40. The van der Waals surface area contributed by atoms with Gasteiger partial charge in [0.15, 0.2) is 0 Å². The van der Waals surface area contributed by atoms with Crippen molar-refractivity contribution < 1.29 is 19.4 Å². The maximum absolute atomic E-state index is 12.7. The van der Waals surface area contributed by atoms with E-state index < -0.39 is 12.2 Å². The molecule has 1 aliphatic rings. The summed E-state index contributed by atoms with van der Waals surface area (Å²) in [6, 6.07) is -0.237. The van der Waals surface area contributed by atoms with Crippen LogP contribution in [0.4, 0.5) is 4.79 Å². The van der Waals surface area contributed by atoms with Gasteiger partial charge in [0, 0.05) is 11.5 Å². The monoisotopic (exact) mass is 463 g/mol. The number of ether oxygens (including phenoxy) is 1. The SMILES string of the molecule is C/C(=C\I)C[C@H](C)[C@H](O)[C@H](C)/C=C(\C)C(=O)N1C(=O)OC[C@H]1C(C)C. The van der Waals surface area contributed by atoms with E-state index in [0.717, 1.165) is 6.42 Å². The molecular weight excluding hydrogens is 433 g/mol. The molecule has 4 atom stereocenters. The maximum Gasteiger partial charge on any atom is 0.417 e. The fourth-order valence-electron chi connectivity index (χ4n) is 3.11. The summed E-state index contributed by atoms with van der Waals surface area (Å²) in [4.78, 5) is 25.8. The molecular formula is C19H30INO4. The van der Waals surface area contributed by atoms with Crippen molar-refractivity contribution in [2.24, 2.45) is 17.8 Å². The van der Waals surface area contributed by atoms with Gasteiger partial charge in [0.2, 0.25) is 0 Å². The summed E-state index contributed by atoms with van der Waals surface area (Å²) in [5, 5.41) is 10.5. The number of amides is 2. The van der Waals surface area contributed by atoms with Gasteiger partial charge in [0.05, 0.1) is 12.1 Å². The van der Waals surface area contributed by atoms with Gasteiger partial charge < -0.3 is 9.84 Å². The zero-order valence-corrected chi connectivity index (χ0v) is 18.1. The number of imide groups is 1. The number of rotatable bonds is 7. The number of hydrogen-bond acceptors (Lipinski definition) is 4. The van der Waals surface area contributed by atoms with Gasteiger partial charge in [-0.3, -0.25) is 4.79 Å². The van der Waals surface area contributed by atoms with E-state index in [1.54, 1.807) is 13.0 Å². The zero-order valence-electron chi connectivity index (χ0n) is 16.0. The molecule has 2 amide bonds. The Morgan fingerprint density at radius 3 is 2.48 bits per heavy atom. The van der Waals surface area contributed by atoms with Gasteiger partial charge in [-0.2, -0.15) is 0 Å². The summed E-state index contributed by atoms with van der Waals surface area (Å²) in [5.74, 6) is -0.303. The van der Waals surface area contributed by atoms with Gasteiger partial charge in [-0.25, -0.2) is 9.69 Å². The van der Waals surface area contributed by atoms with Gasteiger partial charge in [-0.15, -0.1) is 0 Å². The molecule has 0 aromatic heterocycles. The van der Waals surface area contributed by atoms with Crippen LogP contribution in [-0.2, 0) is 9.53 Å². The van der Waals surface area contributed by atoms with E-state index in [1.165, 1.54) is 10.5 Å². The third kappa shape index (κ3) is 5.81. The van der Waals surface area contributed by atoms with Gasteiger partial charge in [-0.1, -0.05) is 61.9 Å². The molecule has 1 saturated heterocycles. The average Bonchev–Trinajstić information content (AvgIpc) is 2.94. The Morgan fingerprint density at radius 2 is 1.96 bits per heavy atom. The van der Waals surface area contributed by atoms with Crippen molar-refractivity contribution in [3.8, 4) is 0 Å². The lowest BCUT2D eigenvalue weighted by molar-refractivity contribution is -0.125. The Kier molecular flexibility index (Phi) is 8.60. The predicted octanol–water partition coefficient (Wildman–Crippen LogP) is 4.30. The lowest BCUT2D eigenvalue weighted by atomic mass is 9.88. The van der Waals surface area contributed by atoms with Crippen molar-refractivity contribution >= 4 is 34.6 Å². The van der Waals surface area contributed by atoms with E-state index in [0.29, 0.717) is 5.57 Å². The van der Waals surface area contributed by atoms with Crippen molar-refractivity contribution in [2.45, 2.75) is 60.1 Å². The third-order valence-electron chi connectivity index (χ3n) is 4.70. The Balaban J connectivity index is 2.84. The number of aliphatic hydroxyl groups excluding tert-OH is 1. The second-order valence-corrected chi connectivity index (χ2v) is 8.02. The highest BCUT2D eigenvalue weighted by Crippen LogP contribution is 2.25. The Labute approximate surface area is 164 Å². The summed E-state index contributed by atoms with van der Waals surface area (Å²) >= 11 is 2.20. The topological polar surface area (TPSA) is 66.8 Å². The van der Waals surface area contributed by atoms with E-state index in [-0.39, 0.29) is 36.3 Å². The molecule has 0 spiro atoms. The minimum atomic E-state index is -0.583. The largest absolute Gasteiger partial charge is 0.447 e. The average molecular weight is 463 g/mol. The minimum absolute atomic E-state index is 0.0836. The molecule has 0 radical (unpaired) electrons. The Morgan fingerprint density at radius 1 is 1.36 bits per heavy atom. The number of halogens is 1. The van der Waals surface area contributed by atoms with Crippen LogP contribution in [0.25, 0.3) is 0 Å². The number of nitrogens with zero attached hydrogens (tertiary/aromatic N) is 1. The van der Waals surface area contributed by atoms with Crippen molar-refractivity contribution in [1.29, 1.82) is 0 Å². The molecule has 1 N–H and O–H groups in total. The van der Waals surface area contributed by atoms with Crippen LogP contribution in [0.5, 0.6) is 0 Å². The molecule has 0 aromatic carbocycles. The molecule has 1 rings (SSSR count). The summed E-state index contributed by atoms with van der Waals surface area (Å²) in [5.41, 5.74) is 1.68. The fraction of sp³-hybridized carbons (Fsp3) is 0.684. The number of hydrogen-bond donors (Lipinski definition) is 1. The predicted molar refractivity (Wildman–Crippen MR) is 107 cm³/mol. The van der Waals surface area contributed by atoms with Gasteiger partial charge >= 0.3 is 6.09 Å². The van der Waals surface area contributed by atoms with Crippen molar-refractivity contribution in [2.75, 3.05) is 6.61 Å². The second kappa shape index (κ2) is 9.71. The fourth-order valence-corrected chi connectivity index (χ4v) is 3.36. The highest BCUT2D eigenvalue weighted by molar-refractivity contribution is 14.1. The van der Waals surface area contributed by atoms with E-state index in [1.807, 2.05) is 38.7 Å². The number of allylic oxidation sites excluding steroid dienone is 1. The quantitative estimate of drug-likeness (QED) is 0.452. The molecule has 25 heavy (non-hydrogen) atoms. The molecule has 1 aliphatic heterocycles. The summed E-state index contributed by atoms with van der Waals surface area (Å²) in [6.07, 6.45) is 1.43. The molecule has 0 unspecified atom stereocenters. The number of aliphatic hydroxyl groups is 1. The van der Waals surface area contributed by atoms with E-state index >= 15 is 0 Å². The zero-order chi connectivity index (χ0) is 19.3. The van der Waals surface area contributed by atoms with Crippen LogP contribution in [0.3, 0.4) is 0 Å². The van der Waals surface area contributed by atoms with Crippen LogP contribution in [-0.4, -0.2) is 40.8 Å². The Hall–Kier alpha value is -0.890. The van der Waals surface area contributed by atoms with Gasteiger partial charge in [0.1, 0.15) is 6.61 Å². The first-order valence-corrected chi connectivity index (χ1v) is 9.97. The van der Waals surface area contributed by atoms with Crippen LogP contribution in [0.15, 0.2) is 21.3 Å². The molecule has 1 heterocycles. The van der Waals surface area contributed by atoms with Gasteiger partial charge in [-0.05, 0) is 36.2 Å². The van der Waals surface area contributed by atoms with E-state index in [2.05, 4.69) is 22.6 Å². The lowest BCUT2D eigenvalue weighted by Gasteiger charge is -2.25. The van der Waals surface area contributed by atoms with Crippen molar-refractivity contribution in [3.63, 3.8) is 0 Å². The molecule has 0 aromatic rings. The molecule has 142 valence electrons. The van der Waals surface area contributed by atoms with E-state index in [4.69, 9.17) is 4.74 Å². The summed E-state index contributed by atoms with van der Waals surface area (Å²) in [6.45, 7) is 11.8. The second-order valence-electron chi connectivity index (χ2n) is 7.40. The van der Waals surface area contributed by atoms with Crippen molar-refractivity contribution in [3.05, 3.63) is 21.3 Å². The molecule has 0 saturated carbocycles. The molecule has 5 nitrogen and oxygen atoms in total. The molecule has 6 heteroatoms. The third-order valence-corrected chi connectivity index (χ3v) is 5.76. The maximum atomic E-state index is 12.7. The molecule has 0 bridgehead atoms. The lowest BCUT2D eigenvalue weighted by Crippen LogP contribution is -2.42. The van der Waals surface area contributed by atoms with Crippen LogP contribution in [0, 0.1) is 17.8 Å². The number of carbonyl (C=O) groups is 2. The Bertz CT molecular complexity index is 556. The molecule has 1 fully saturated rings. The minimum Gasteiger partial charge on any atom is -0.447 e.